The summed E-state index contributed by atoms with van der Waals surface area (Å²) in [5.41, 5.74) is 0.998. The van der Waals surface area contributed by atoms with Crippen molar-refractivity contribution in [2.24, 2.45) is 5.92 Å². The van der Waals surface area contributed by atoms with Gasteiger partial charge in [-0.25, -0.2) is 4.39 Å². The molecule has 1 fully saturated rings. The molecule has 0 atom stereocenters. The van der Waals surface area contributed by atoms with Crippen LogP contribution in [-0.4, -0.2) is 37.6 Å². The number of rotatable bonds is 6. The molecule has 0 aromatic heterocycles. The van der Waals surface area contributed by atoms with Crippen molar-refractivity contribution >= 4 is 5.91 Å². The minimum Gasteiger partial charge on any atom is -0.497 e. The number of benzene rings is 2. The first-order valence-electron chi connectivity index (χ1n) is 8.93. The van der Waals surface area contributed by atoms with Gasteiger partial charge in [0.1, 0.15) is 17.3 Å². The summed E-state index contributed by atoms with van der Waals surface area (Å²) in [5, 5.41) is 0. The van der Waals surface area contributed by atoms with Gasteiger partial charge in [0, 0.05) is 13.1 Å². The molecule has 0 aliphatic carbocycles. The Kier molecular flexibility index (Phi) is 6.10. The molecule has 138 valence electrons. The normalized spacial score (nSPS) is 14.9. The highest BCUT2D eigenvalue weighted by Crippen LogP contribution is 2.21. The van der Waals surface area contributed by atoms with E-state index >= 15 is 0 Å². The van der Waals surface area contributed by atoms with Crippen LogP contribution in [-0.2, 0) is 11.2 Å². The fraction of sp³-hybridized carbons (Fsp3) is 0.381. The Morgan fingerprint density at radius 3 is 2.27 bits per heavy atom. The Hall–Kier alpha value is -2.56. The zero-order valence-corrected chi connectivity index (χ0v) is 15.0. The third-order valence-corrected chi connectivity index (χ3v) is 4.78. The van der Waals surface area contributed by atoms with E-state index in [4.69, 9.17) is 9.47 Å². The van der Waals surface area contributed by atoms with E-state index in [1.54, 1.807) is 19.2 Å². The van der Waals surface area contributed by atoms with Crippen molar-refractivity contribution < 1.29 is 18.7 Å². The number of hydrogen-bond acceptors (Lipinski definition) is 3. The first kappa shape index (κ1) is 18.2. The minimum atomic E-state index is -0.263. The third-order valence-electron chi connectivity index (χ3n) is 4.78. The van der Waals surface area contributed by atoms with Gasteiger partial charge in [-0.3, -0.25) is 4.79 Å². The number of hydrogen-bond donors (Lipinski definition) is 0. The van der Waals surface area contributed by atoms with Crippen molar-refractivity contribution in [1.82, 2.24) is 4.90 Å². The van der Waals surface area contributed by atoms with Crippen LogP contribution >= 0.6 is 0 Å². The first-order chi connectivity index (χ1) is 12.6. The molecular formula is C21H24FNO3. The van der Waals surface area contributed by atoms with Crippen LogP contribution in [0.2, 0.25) is 0 Å². The molecule has 1 saturated heterocycles. The standard InChI is InChI=1S/C21H24FNO3/c1-25-19-6-2-16(3-7-19)14-21(24)23-12-10-17(11-13-23)15-26-20-8-4-18(22)5-9-20/h2-9,17H,10-15H2,1H3. The number of nitrogens with zero attached hydrogens (tertiary/aromatic N) is 1. The van der Waals surface area contributed by atoms with E-state index < -0.39 is 0 Å². The molecule has 5 heteroatoms. The lowest BCUT2D eigenvalue weighted by atomic mass is 9.97. The van der Waals surface area contributed by atoms with Crippen molar-refractivity contribution in [2.75, 3.05) is 26.8 Å². The maximum absolute atomic E-state index is 12.9. The van der Waals surface area contributed by atoms with Crippen molar-refractivity contribution in [2.45, 2.75) is 19.3 Å². The van der Waals surface area contributed by atoms with Crippen LogP contribution in [0.1, 0.15) is 18.4 Å². The second-order valence-corrected chi connectivity index (χ2v) is 6.61. The summed E-state index contributed by atoms with van der Waals surface area (Å²) in [7, 11) is 1.63. The number of likely N-dealkylation sites (tertiary alicyclic amines) is 1. The molecule has 26 heavy (non-hydrogen) atoms. The molecular weight excluding hydrogens is 333 g/mol. The quantitative estimate of drug-likeness (QED) is 0.791. The molecule has 0 unspecified atom stereocenters. The second-order valence-electron chi connectivity index (χ2n) is 6.61. The Morgan fingerprint density at radius 1 is 1.04 bits per heavy atom. The van der Waals surface area contributed by atoms with E-state index in [0.29, 0.717) is 24.7 Å². The lowest BCUT2D eigenvalue weighted by Crippen LogP contribution is -2.40. The van der Waals surface area contributed by atoms with Gasteiger partial charge in [0.15, 0.2) is 0 Å². The Balaban J connectivity index is 1.42. The van der Waals surface area contributed by atoms with E-state index in [2.05, 4.69) is 0 Å². The van der Waals surface area contributed by atoms with Crippen molar-refractivity contribution in [1.29, 1.82) is 0 Å². The topological polar surface area (TPSA) is 38.8 Å². The molecule has 0 bridgehead atoms. The van der Waals surface area contributed by atoms with Crippen LogP contribution in [0.4, 0.5) is 4.39 Å². The number of halogens is 1. The van der Waals surface area contributed by atoms with E-state index in [0.717, 1.165) is 37.2 Å². The SMILES string of the molecule is COc1ccc(CC(=O)N2CCC(COc3ccc(F)cc3)CC2)cc1. The molecule has 1 heterocycles. The molecule has 0 N–H and O–H groups in total. The number of ether oxygens (including phenoxy) is 2. The van der Waals surface area contributed by atoms with Gasteiger partial charge in [-0.15, -0.1) is 0 Å². The van der Waals surface area contributed by atoms with Gasteiger partial charge in [-0.2, -0.15) is 0 Å². The molecule has 3 rings (SSSR count). The summed E-state index contributed by atoms with van der Waals surface area (Å²) < 4.78 is 23.8. The number of carbonyl (C=O) groups excluding carboxylic acids is 1. The summed E-state index contributed by atoms with van der Waals surface area (Å²) in [6, 6.07) is 13.7. The van der Waals surface area contributed by atoms with Crippen LogP contribution in [0.3, 0.4) is 0 Å². The second kappa shape index (κ2) is 8.70. The van der Waals surface area contributed by atoms with Crippen molar-refractivity contribution in [3.8, 4) is 11.5 Å². The van der Waals surface area contributed by atoms with E-state index in [1.165, 1.54) is 12.1 Å². The van der Waals surface area contributed by atoms with Gasteiger partial charge < -0.3 is 14.4 Å². The smallest absolute Gasteiger partial charge is 0.226 e. The molecule has 1 aliphatic rings. The van der Waals surface area contributed by atoms with Crippen LogP contribution in [0.25, 0.3) is 0 Å². The van der Waals surface area contributed by atoms with Gasteiger partial charge in [0.05, 0.1) is 20.1 Å². The summed E-state index contributed by atoms with van der Waals surface area (Å²) in [6.07, 6.45) is 2.27. The molecule has 2 aromatic carbocycles. The summed E-state index contributed by atoms with van der Waals surface area (Å²) in [5.74, 6) is 1.80. The number of methoxy groups -OCH3 is 1. The number of amides is 1. The molecule has 4 nitrogen and oxygen atoms in total. The van der Waals surface area contributed by atoms with E-state index in [-0.39, 0.29) is 11.7 Å². The molecule has 0 spiro atoms. The van der Waals surface area contributed by atoms with Crippen molar-refractivity contribution in [3.63, 3.8) is 0 Å². The number of piperidine rings is 1. The predicted molar refractivity (Wildman–Crippen MR) is 97.9 cm³/mol. The van der Waals surface area contributed by atoms with Gasteiger partial charge in [-0.05, 0) is 60.7 Å². The van der Waals surface area contributed by atoms with Gasteiger partial charge in [0.25, 0.3) is 0 Å². The van der Waals surface area contributed by atoms with Crippen molar-refractivity contribution in [3.05, 3.63) is 59.9 Å². The molecule has 1 amide bonds. The lowest BCUT2D eigenvalue weighted by molar-refractivity contribution is -0.132. The third kappa shape index (κ3) is 4.97. The lowest BCUT2D eigenvalue weighted by Gasteiger charge is -2.32. The van der Waals surface area contributed by atoms with Crippen LogP contribution in [0.15, 0.2) is 48.5 Å². The van der Waals surface area contributed by atoms with E-state index in [9.17, 15) is 9.18 Å². The molecule has 0 radical (unpaired) electrons. The highest BCUT2D eigenvalue weighted by molar-refractivity contribution is 5.78. The predicted octanol–water partition coefficient (Wildman–Crippen LogP) is 3.69. The zero-order valence-electron chi connectivity index (χ0n) is 15.0. The van der Waals surface area contributed by atoms with Gasteiger partial charge in [0.2, 0.25) is 5.91 Å². The average Bonchev–Trinajstić information content (AvgIpc) is 2.68. The maximum atomic E-state index is 12.9. The summed E-state index contributed by atoms with van der Waals surface area (Å²) in [6.45, 7) is 2.12. The highest BCUT2D eigenvalue weighted by Gasteiger charge is 2.23. The van der Waals surface area contributed by atoms with Gasteiger partial charge in [-0.1, -0.05) is 12.1 Å². The monoisotopic (exact) mass is 357 g/mol. The number of carbonyl (C=O) groups is 1. The Morgan fingerprint density at radius 2 is 1.65 bits per heavy atom. The largest absolute Gasteiger partial charge is 0.497 e. The summed E-state index contributed by atoms with van der Waals surface area (Å²) in [4.78, 5) is 14.4. The Labute approximate surface area is 153 Å². The fourth-order valence-electron chi connectivity index (χ4n) is 3.12. The minimum absolute atomic E-state index is 0.160. The van der Waals surface area contributed by atoms with Crippen LogP contribution in [0.5, 0.6) is 11.5 Å². The molecule has 0 saturated carbocycles. The average molecular weight is 357 g/mol. The fourth-order valence-corrected chi connectivity index (χ4v) is 3.12. The summed E-state index contributed by atoms with van der Waals surface area (Å²) >= 11 is 0. The van der Waals surface area contributed by atoms with Gasteiger partial charge >= 0.3 is 0 Å². The molecule has 1 aliphatic heterocycles. The molecule has 2 aromatic rings. The van der Waals surface area contributed by atoms with Crippen LogP contribution in [0, 0.1) is 11.7 Å². The first-order valence-corrected chi connectivity index (χ1v) is 8.93. The maximum Gasteiger partial charge on any atom is 0.226 e. The van der Waals surface area contributed by atoms with Crippen LogP contribution < -0.4 is 9.47 Å². The van der Waals surface area contributed by atoms with E-state index in [1.807, 2.05) is 29.2 Å². The zero-order chi connectivity index (χ0) is 18.4. The Bertz CT molecular complexity index is 707. The highest BCUT2D eigenvalue weighted by atomic mass is 19.1.